The van der Waals surface area contributed by atoms with Crippen LogP contribution in [0.25, 0.3) is 0 Å². The molecular formula is C22H25Cl2NO6S. The zero-order valence-corrected chi connectivity index (χ0v) is 20.2. The number of ether oxygens (including phenoxy) is 2. The Balaban J connectivity index is 1.85. The Labute approximate surface area is 198 Å². The van der Waals surface area contributed by atoms with E-state index < -0.39 is 10.1 Å². The molecule has 1 amide bonds. The first-order valence-electron chi connectivity index (χ1n) is 10.1. The van der Waals surface area contributed by atoms with Crippen LogP contribution in [0.4, 0.5) is 0 Å². The minimum Gasteiger partial charge on any atom is -0.493 e. The second-order valence-electron chi connectivity index (χ2n) is 7.48. The summed E-state index contributed by atoms with van der Waals surface area (Å²) in [6.07, 6.45) is 2.84. The van der Waals surface area contributed by atoms with Crippen LogP contribution in [0, 0.1) is 5.92 Å². The van der Waals surface area contributed by atoms with E-state index in [0.29, 0.717) is 25.3 Å². The van der Waals surface area contributed by atoms with Crippen LogP contribution >= 0.6 is 23.2 Å². The molecule has 1 aliphatic carbocycles. The summed E-state index contributed by atoms with van der Waals surface area (Å²) in [5.41, 5.74) is 0.703. The van der Waals surface area contributed by atoms with Gasteiger partial charge in [0.25, 0.3) is 0 Å². The van der Waals surface area contributed by atoms with E-state index in [4.69, 9.17) is 36.9 Å². The van der Waals surface area contributed by atoms with Crippen LogP contribution in [0.2, 0.25) is 10.0 Å². The van der Waals surface area contributed by atoms with E-state index in [0.717, 1.165) is 19.3 Å². The summed E-state index contributed by atoms with van der Waals surface area (Å²) in [6, 6.07) is 8.85. The molecule has 2 aromatic carbocycles. The summed E-state index contributed by atoms with van der Waals surface area (Å²) in [5.74, 6) is 0.371. The molecule has 0 atom stereocenters. The fourth-order valence-electron chi connectivity index (χ4n) is 3.29. The van der Waals surface area contributed by atoms with E-state index in [1.807, 2.05) is 0 Å². The molecule has 0 aliphatic heterocycles. The van der Waals surface area contributed by atoms with Crippen molar-refractivity contribution >= 4 is 39.2 Å². The van der Waals surface area contributed by atoms with E-state index in [9.17, 15) is 13.2 Å². The average Bonchev–Trinajstić information content (AvgIpc) is 2.71. The number of hydrogen-bond acceptors (Lipinski definition) is 6. The van der Waals surface area contributed by atoms with Gasteiger partial charge >= 0.3 is 10.1 Å². The van der Waals surface area contributed by atoms with Crippen LogP contribution in [0.3, 0.4) is 0 Å². The molecule has 10 heteroatoms. The van der Waals surface area contributed by atoms with Crippen molar-refractivity contribution in [1.29, 1.82) is 0 Å². The Bertz CT molecular complexity index is 1070. The topological polar surface area (TPSA) is 82.1 Å². The molecule has 0 N–H and O–H groups in total. The van der Waals surface area contributed by atoms with Crippen molar-refractivity contribution in [1.82, 2.24) is 4.90 Å². The van der Waals surface area contributed by atoms with Gasteiger partial charge in [0.2, 0.25) is 5.91 Å². The highest BCUT2D eigenvalue weighted by Crippen LogP contribution is 2.33. The molecular weight excluding hydrogens is 477 g/mol. The maximum Gasteiger partial charge on any atom is 0.339 e. The van der Waals surface area contributed by atoms with Crippen LogP contribution in [-0.2, 0) is 26.2 Å². The summed E-state index contributed by atoms with van der Waals surface area (Å²) >= 11 is 11.8. The smallest absolute Gasteiger partial charge is 0.339 e. The third-order valence-electron chi connectivity index (χ3n) is 5.31. The Morgan fingerprint density at radius 3 is 2.41 bits per heavy atom. The van der Waals surface area contributed by atoms with Crippen molar-refractivity contribution in [3.63, 3.8) is 0 Å². The summed E-state index contributed by atoms with van der Waals surface area (Å²) in [4.78, 5) is 14.4. The Morgan fingerprint density at radius 1 is 1.06 bits per heavy atom. The van der Waals surface area contributed by atoms with Gasteiger partial charge in [0.05, 0.1) is 23.8 Å². The summed E-state index contributed by atoms with van der Waals surface area (Å²) in [6.45, 7) is 1.14. The van der Waals surface area contributed by atoms with Crippen LogP contribution < -0.4 is 8.92 Å². The van der Waals surface area contributed by atoms with E-state index in [2.05, 4.69) is 0 Å². The molecule has 0 aromatic heterocycles. The molecule has 0 bridgehead atoms. The first-order valence-corrected chi connectivity index (χ1v) is 12.3. The number of hydrogen-bond donors (Lipinski definition) is 0. The first-order chi connectivity index (χ1) is 15.2. The largest absolute Gasteiger partial charge is 0.493 e. The number of carbonyl (C=O) groups excluding carboxylic acids is 1. The highest BCUT2D eigenvalue weighted by molar-refractivity contribution is 7.87. The fourth-order valence-corrected chi connectivity index (χ4v) is 4.61. The van der Waals surface area contributed by atoms with Gasteiger partial charge in [-0.1, -0.05) is 35.7 Å². The summed E-state index contributed by atoms with van der Waals surface area (Å²) < 4.78 is 41.4. The Hall–Kier alpha value is -2.00. The number of carbonyl (C=O) groups is 1. The zero-order chi connectivity index (χ0) is 23.3. The van der Waals surface area contributed by atoms with Crippen LogP contribution in [0.15, 0.2) is 41.3 Å². The molecule has 174 valence electrons. The Kier molecular flexibility index (Phi) is 8.27. The molecule has 3 rings (SSSR count). The van der Waals surface area contributed by atoms with Crippen LogP contribution in [0.1, 0.15) is 24.8 Å². The minimum absolute atomic E-state index is 0.0128. The molecule has 0 radical (unpaired) electrons. The molecule has 0 unspecified atom stereocenters. The molecule has 1 saturated carbocycles. The second kappa shape index (κ2) is 10.7. The monoisotopic (exact) mass is 501 g/mol. The van der Waals surface area contributed by atoms with Crippen molar-refractivity contribution in [3.05, 3.63) is 52.0 Å². The third-order valence-corrected chi connectivity index (χ3v) is 7.28. The van der Waals surface area contributed by atoms with Gasteiger partial charge in [-0.2, -0.15) is 8.42 Å². The van der Waals surface area contributed by atoms with Crippen molar-refractivity contribution in [2.75, 3.05) is 27.4 Å². The SMILES string of the molecule is COCCN(Cc1ccc(OC)c(OS(=O)(=O)c2ccc(Cl)c(Cl)c2)c1)C(=O)C1CCC1. The summed E-state index contributed by atoms with van der Waals surface area (Å²) in [5, 5.41) is 0.331. The normalized spacial score (nSPS) is 14.0. The van der Waals surface area contributed by atoms with E-state index in [1.165, 1.54) is 25.3 Å². The molecule has 32 heavy (non-hydrogen) atoms. The molecule has 0 heterocycles. The lowest BCUT2D eigenvalue weighted by Crippen LogP contribution is -2.40. The van der Waals surface area contributed by atoms with Crippen LogP contribution in [0.5, 0.6) is 11.5 Å². The van der Waals surface area contributed by atoms with E-state index in [1.54, 1.807) is 30.2 Å². The number of rotatable bonds is 10. The van der Waals surface area contributed by atoms with Crippen molar-refractivity contribution in [2.45, 2.75) is 30.7 Å². The zero-order valence-electron chi connectivity index (χ0n) is 17.8. The highest BCUT2D eigenvalue weighted by atomic mass is 35.5. The average molecular weight is 502 g/mol. The minimum atomic E-state index is -4.19. The van der Waals surface area contributed by atoms with E-state index >= 15 is 0 Å². The number of nitrogens with zero attached hydrogens (tertiary/aromatic N) is 1. The lowest BCUT2D eigenvalue weighted by molar-refractivity contribution is -0.139. The third kappa shape index (κ3) is 5.86. The van der Waals surface area contributed by atoms with Gasteiger partial charge < -0.3 is 18.6 Å². The quantitative estimate of drug-likeness (QED) is 0.444. The molecule has 2 aromatic rings. The van der Waals surface area contributed by atoms with Gasteiger partial charge in [-0.05, 0) is 48.7 Å². The molecule has 0 spiro atoms. The first kappa shape index (κ1) is 24.6. The lowest BCUT2D eigenvalue weighted by Gasteiger charge is -2.31. The number of halogens is 2. The number of benzene rings is 2. The molecule has 7 nitrogen and oxygen atoms in total. The van der Waals surface area contributed by atoms with Gasteiger partial charge in [-0.15, -0.1) is 0 Å². The Morgan fingerprint density at radius 2 is 1.81 bits per heavy atom. The molecule has 1 aliphatic rings. The second-order valence-corrected chi connectivity index (χ2v) is 9.84. The lowest BCUT2D eigenvalue weighted by atomic mass is 9.84. The molecule has 0 saturated heterocycles. The van der Waals surface area contributed by atoms with Gasteiger partial charge in [-0.3, -0.25) is 4.79 Å². The van der Waals surface area contributed by atoms with Gasteiger partial charge in [0, 0.05) is 26.1 Å². The van der Waals surface area contributed by atoms with Crippen LogP contribution in [-0.4, -0.2) is 46.6 Å². The predicted molar refractivity (Wildman–Crippen MR) is 122 cm³/mol. The number of amides is 1. The predicted octanol–water partition coefficient (Wildman–Crippen LogP) is 4.54. The fraction of sp³-hybridized carbons (Fsp3) is 0.409. The van der Waals surface area contributed by atoms with Gasteiger partial charge in [0.1, 0.15) is 4.90 Å². The summed E-state index contributed by atoms with van der Waals surface area (Å²) in [7, 11) is -1.19. The van der Waals surface area contributed by atoms with Gasteiger partial charge in [0.15, 0.2) is 11.5 Å². The van der Waals surface area contributed by atoms with E-state index in [-0.39, 0.29) is 38.3 Å². The highest BCUT2D eigenvalue weighted by Gasteiger charge is 2.29. The standard InChI is InChI=1S/C22H25Cl2NO6S/c1-29-11-10-25(22(26)16-4-3-5-16)14-15-6-9-20(30-2)21(12-15)31-32(27,28)17-7-8-18(23)19(24)13-17/h6-9,12-13,16H,3-5,10-11,14H2,1-2H3. The van der Waals surface area contributed by atoms with Crippen molar-refractivity contribution in [2.24, 2.45) is 5.92 Å². The molecule has 1 fully saturated rings. The van der Waals surface area contributed by atoms with Crippen molar-refractivity contribution < 1.29 is 26.9 Å². The number of methoxy groups -OCH3 is 2. The maximum atomic E-state index is 12.8. The van der Waals surface area contributed by atoms with Gasteiger partial charge in [-0.25, -0.2) is 0 Å². The maximum absolute atomic E-state index is 12.8. The van der Waals surface area contributed by atoms with Crippen molar-refractivity contribution in [3.8, 4) is 11.5 Å².